The summed E-state index contributed by atoms with van der Waals surface area (Å²) in [5.41, 5.74) is -0.412. The molecule has 1 aliphatic carbocycles. The molecule has 0 saturated heterocycles. The first-order valence-corrected chi connectivity index (χ1v) is 9.79. The van der Waals surface area contributed by atoms with E-state index in [2.05, 4.69) is 4.99 Å². The van der Waals surface area contributed by atoms with Gasteiger partial charge in [-0.3, -0.25) is 9.59 Å². The van der Waals surface area contributed by atoms with E-state index in [1.807, 2.05) is 20.8 Å². The zero-order chi connectivity index (χ0) is 20.8. The number of allylic oxidation sites excluding steroid dienone is 2. The van der Waals surface area contributed by atoms with Gasteiger partial charge in [0.05, 0.1) is 5.71 Å². The molecular weight excluding hydrogens is 405 g/mol. The Morgan fingerprint density at radius 1 is 0.963 bits per heavy atom. The maximum absolute atomic E-state index is 13.3. The molecule has 0 N–H and O–H groups in total. The zero-order valence-corrected chi connectivity index (χ0v) is 18.6. The SMILES string of the molecule is CC(C)(C)C1=CC(=NC(=O)c2ccccc2)C(Cl)(Cl)C(Cl)(C(C)(C)C)C1=O. The van der Waals surface area contributed by atoms with Gasteiger partial charge in [0.15, 0.2) is 15.0 Å². The lowest BCUT2D eigenvalue weighted by Crippen LogP contribution is -2.63. The summed E-state index contributed by atoms with van der Waals surface area (Å²) in [6, 6.07) is 8.58. The number of benzene rings is 1. The van der Waals surface area contributed by atoms with Crippen LogP contribution in [0.15, 0.2) is 47.0 Å². The molecule has 0 saturated carbocycles. The summed E-state index contributed by atoms with van der Waals surface area (Å²) in [6.45, 7) is 11.0. The maximum atomic E-state index is 13.3. The third-order valence-corrected chi connectivity index (χ3v) is 6.85. The minimum absolute atomic E-state index is 0.0779. The molecule has 146 valence electrons. The number of nitrogens with zero attached hydrogens (tertiary/aromatic N) is 1. The molecule has 0 spiro atoms. The van der Waals surface area contributed by atoms with Crippen molar-refractivity contribution < 1.29 is 9.59 Å². The van der Waals surface area contributed by atoms with Gasteiger partial charge in [-0.2, -0.15) is 0 Å². The standard InChI is InChI=1S/C21H24Cl3NO2/c1-18(2,3)14-12-15(25-17(27)13-10-8-7-9-11-13)21(23,24)20(22,16(14)26)19(4,5)6/h7-12H,1-6H3. The van der Waals surface area contributed by atoms with Crippen molar-refractivity contribution in [3.63, 3.8) is 0 Å². The summed E-state index contributed by atoms with van der Waals surface area (Å²) in [5.74, 6) is -0.844. The van der Waals surface area contributed by atoms with Gasteiger partial charge in [-0.1, -0.05) is 82.9 Å². The van der Waals surface area contributed by atoms with Gasteiger partial charge in [0.25, 0.3) is 5.91 Å². The van der Waals surface area contributed by atoms with E-state index in [9.17, 15) is 9.59 Å². The van der Waals surface area contributed by atoms with E-state index in [-0.39, 0.29) is 11.5 Å². The van der Waals surface area contributed by atoms with Gasteiger partial charge in [0.2, 0.25) is 0 Å². The second-order valence-corrected chi connectivity index (χ2v) is 10.7. The topological polar surface area (TPSA) is 46.5 Å². The van der Waals surface area contributed by atoms with Crippen LogP contribution in [0, 0.1) is 10.8 Å². The van der Waals surface area contributed by atoms with Gasteiger partial charge < -0.3 is 0 Å². The molecule has 1 atom stereocenters. The molecular formula is C21H24Cl3NO2. The number of rotatable bonds is 1. The molecule has 27 heavy (non-hydrogen) atoms. The number of halogens is 3. The third-order valence-electron chi connectivity index (χ3n) is 4.68. The molecule has 0 radical (unpaired) electrons. The Morgan fingerprint density at radius 2 is 1.48 bits per heavy atom. The third kappa shape index (κ3) is 3.74. The number of Topliss-reactive ketones (excluding diaryl/α,β-unsaturated/α-hetero) is 1. The van der Waals surface area contributed by atoms with Crippen LogP contribution in [-0.2, 0) is 4.79 Å². The van der Waals surface area contributed by atoms with E-state index in [0.717, 1.165) is 0 Å². The highest BCUT2D eigenvalue weighted by molar-refractivity contribution is 6.69. The summed E-state index contributed by atoms with van der Waals surface area (Å²) in [6.07, 6.45) is 1.51. The molecule has 0 aliphatic heterocycles. The number of carbonyl (C=O) groups is 2. The van der Waals surface area contributed by atoms with Crippen molar-refractivity contribution in [2.24, 2.45) is 15.8 Å². The van der Waals surface area contributed by atoms with E-state index in [1.165, 1.54) is 6.08 Å². The van der Waals surface area contributed by atoms with Crippen LogP contribution in [0.5, 0.6) is 0 Å². The lowest BCUT2D eigenvalue weighted by atomic mass is 9.65. The van der Waals surface area contributed by atoms with Crippen molar-refractivity contribution in [1.82, 2.24) is 0 Å². The Kier molecular flexibility index (Phi) is 5.76. The van der Waals surface area contributed by atoms with Crippen LogP contribution in [0.4, 0.5) is 0 Å². The molecule has 0 aromatic heterocycles. The first-order valence-electron chi connectivity index (χ1n) is 8.66. The smallest absolute Gasteiger partial charge is 0.277 e. The van der Waals surface area contributed by atoms with Crippen LogP contribution in [0.3, 0.4) is 0 Å². The molecule has 1 amide bonds. The van der Waals surface area contributed by atoms with Crippen LogP contribution >= 0.6 is 34.8 Å². The number of aliphatic imine (C=N–C) groups is 1. The van der Waals surface area contributed by atoms with E-state index in [1.54, 1.807) is 51.1 Å². The second kappa shape index (κ2) is 7.02. The summed E-state index contributed by atoms with van der Waals surface area (Å²) in [7, 11) is 0. The number of ketones is 1. The highest BCUT2D eigenvalue weighted by Gasteiger charge is 2.66. The van der Waals surface area contributed by atoms with E-state index < -0.39 is 25.9 Å². The molecule has 1 unspecified atom stereocenters. The fourth-order valence-electron chi connectivity index (χ4n) is 3.02. The van der Waals surface area contributed by atoms with Crippen LogP contribution in [0.2, 0.25) is 0 Å². The van der Waals surface area contributed by atoms with Crippen molar-refractivity contribution in [2.45, 2.75) is 50.7 Å². The van der Waals surface area contributed by atoms with Gasteiger partial charge >= 0.3 is 0 Å². The normalized spacial score (nSPS) is 24.7. The quantitative estimate of drug-likeness (QED) is 0.513. The minimum atomic E-state index is -1.87. The van der Waals surface area contributed by atoms with Crippen LogP contribution in [-0.4, -0.2) is 26.6 Å². The molecule has 1 aromatic rings. The van der Waals surface area contributed by atoms with Crippen molar-refractivity contribution in [2.75, 3.05) is 0 Å². The molecule has 0 fully saturated rings. The Balaban J connectivity index is 2.75. The van der Waals surface area contributed by atoms with Gasteiger partial charge in [-0.25, -0.2) is 4.99 Å². The first-order chi connectivity index (χ1) is 12.1. The van der Waals surface area contributed by atoms with Crippen LogP contribution < -0.4 is 0 Å². The van der Waals surface area contributed by atoms with Crippen molar-refractivity contribution >= 4 is 52.2 Å². The highest BCUT2D eigenvalue weighted by Crippen LogP contribution is 2.56. The fraction of sp³-hybridized carbons (Fsp3) is 0.476. The van der Waals surface area contributed by atoms with E-state index in [0.29, 0.717) is 11.1 Å². The zero-order valence-electron chi connectivity index (χ0n) is 16.4. The Hall–Kier alpha value is -1.16. The average molecular weight is 429 g/mol. The van der Waals surface area contributed by atoms with Crippen LogP contribution in [0.1, 0.15) is 51.9 Å². The summed E-state index contributed by atoms with van der Waals surface area (Å²) >= 11 is 20.2. The number of hydrogen-bond acceptors (Lipinski definition) is 2. The van der Waals surface area contributed by atoms with Gasteiger partial charge in [-0.05, 0) is 29.0 Å². The molecule has 6 heteroatoms. The van der Waals surface area contributed by atoms with Crippen molar-refractivity contribution in [3.8, 4) is 0 Å². The van der Waals surface area contributed by atoms with Gasteiger partial charge in [0, 0.05) is 11.1 Å². The van der Waals surface area contributed by atoms with Gasteiger partial charge in [0.1, 0.15) is 0 Å². The lowest BCUT2D eigenvalue weighted by molar-refractivity contribution is -0.121. The molecule has 3 nitrogen and oxygen atoms in total. The molecule has 2 rings (SSSR count). The van der Waals surface area contributed by atoms with E-state index >= 15 is 0 Å². The minimum Gasteiger partial charge on any atom is -0.292 e. The number of carbonyl (C=O) groups excluding carboxylic acids is 2. The largest absolute Gasteiger partial charge is 0.292 e. The fourth-order valence-corrected chi connectivity index (χ4v) is 4.15. The number of hydrogen-bond donors (Lipinski definition) is 0. The average Bonchev–Trinajstić information content (AvgIpc) is 2.54. The molecule has 0 bridgehead atoms. The first kappa shape index (κ1) is 22.1. The predicted molar refractivity (Wildman–Crippen MR) is 113 cm³/mol. The Bertz CT molecular complexity index is 827. The Labute approximate surface area is 175 Å². The molecule has 1 aliphatic rings. The molecule has 0 heterocycles. The predicted octanol–water partition coefficient (Wildman–Crippen LogP) is 6.02. The highest BCUT2D eigenvalue weighted by atomic mass is 35.5. The van der Waals surface area contributed by atoms with Crippen LogP contribution in [0.25, 0.3) is 0 Å². The molecule has 1 aromatic carbocycles. The summed E-state index contributed by atoms with van der Waals surface area (Å²) < 4.78 is -1.87. The summed E-state index contributed by atoms with van der Waals surface area (Å²) in [4.78, 5) is 28.5. The van der Waals surface area contributed by atoms with Gasteiger partial charge in [-0.15, -0.1) is 11.6 Å². The summed E-state index contributed by atoms with van der Waals surface area (Å²) in [5, 5.41) is 0. The van der Waals surface area contributed by atoms with Crippen molar-refractivity contribution in [3.05, 3.63) is 47.5 Å². The number of amides is 1. The second-order valence-electron chi connectivity index (χ2n) is 8.79. The lowest BCUT2D eigenvalue weighted by Gasteiger charge is -2.49. The Morgan fingerprint density at radius 3 is 1.93 bits per heavy atom. The maximum Gasteiger partial charge on any atom is 0.277 e. The monoisotopic (exact) mass is 427 g/mol. The van der Waals surface area contributed by atoms with E-state index in [4.69, 9.17) is 34.8 Å². The number of alkyl halides is 3. The van der Waals surface area contributed by atoms with Crippen molar-refractivity contribution in [1.29, 1.82) is 0 Å².